The lowest BCUT2D eigenvalue weighted by Gasteiger charge is -2.05. The van der Waals surface area contributed by atoms with Gasteiger partial charge in [0.15, 0.2) is 0 Å². The normalized spacial score (nSPS) is 9.86. The van der Waals surface area contributed by atoms with Gasteiger partial charge >= 0.3 is 0 Å². The highest BCUT2D eigenvalue weighted by atomic mass is 16.4. The van der Waals surface area contributed by atoms with Crippen molar-refractivity contribution in [2.75, 3.05) is 6.61 Å². The molecule has 21 heavy (non-hydrogen) atoms. The van der Waals surface area contributed by atoms with Crippen LogP contribution >= 0.6 is 0 Å². The Morgan fingerprint density at radius 1 is 1.43 bits per heavy atom. The molecule has 2 N–H and O–H groups in total. The molecule has 2 aromatic rings. The molecule has 1 amide bonds. The number of carbonyl (C=O) groups excluding carboxylic acids is 1. The first-order valence-electron chi connectivity index (χ1n) is 6.50. The van der Waals surface area contributed by atoms with E-state index in [0.717, 1.165) is 11.1 Å². The van der Waals surface area contributed by atoms with Crippen LogP contribution in [0.1, 0.15) is 33.1 Å². The van der Waals surface area contributed by atoms with Gasteiger partial charge in [-0.2, -0.15) is 0 Å². The van der Waals surface area contributed by atoms with E-state index >= 15 is 0 Å². The van der Waals surface area contributed by atoms with Crippen LogP contribution in [-0.2, 0) is 6.54 Å². The number of benzene rings is 1. The standard InChI is InChI=1S/C16H16N2O3/c1-11-8-14(6-5-13(11)4-3-7-19)16(20)18-10-15-17-9-12(2)21-15/h5-6,8-9,19H,7,10H2,1-2H3,(H,18,20). The lowest BCUT2D eigenvalue weighted by Crippen LogP contribution is -2.23. The van der Waals surface area contributed by atoms with Gasteiger partial charge in [-0.25, -0.2) is 4.98 Å². The monoisotopic (exact) mass is 284 g/mol. The summed E-state index contributed by atoms with van der Waals surface area (Å²) in [6.45, 7) is 3.73. The van der Waals surface area contributed by atoms with Crippen molar-refractivity contribution >= 4 is 5.91 Å². The summed E-state index contributed by atoms with van der Waals surface area (Å²) in [5, 5.41) is 11.4. The lowest BCUT2D eigenvalue weighted by atomic mass is 10.0. The Morgan fingerprint density at radius 2 is 2.24 bits per heavy atom. The average molecular weight is 284 g/mol. The number of aromatic nitrogens is 1. The van der Waals surface area contributed by atoms with Gasteiger partial charge in [-0.3, -0.25) is 4.79 Å². The first-order chi connectivity index (χ1) is 10.1. The molecule has 0 aliphatic heterocycles. The second-order valence-corrected chi connectivity index (χ2v) is 4.54. The third-order valence-corrected chi connectivity index (χ3v) is 2.86. The molecule has 0 aliphatic carbocycles. The molecule has 1 heterocycles. The van der Waals surface area contributed by atoms with Gasteiger partial charge in [-0.1, -0.05) is 11.8 Å². The highest BCUT2D eigenvalue weighted by Gasteiger charge is 2.08. The molecule has 1 aromatic carbocycles. The maximum Gasteiger partial charge on any atom is 0.251 e. The number of carbonyl (C=O) groups is 1. The summed E-state index contributed by atoms with van der Waals surface area (Å²) in [6.07, 6.45) is 1.61. The van der Waals surface area contributed by atoms with Gasteiger partial charge < -0.3 is 14.8 Å². The Kier molecular flexibility index (Phi) is 4.75. The molecule has 5 heteroatoms. The summed E-state index contributed by atoms with van der Waals surface area (Å²) in [5.74, 6) is 6.41. The van der Waals surface area contributed by atoms with Crippen LogP contribution in [0.25, 0.3) is 0 Å². The summed E-state index contributed by atoms with van der Waals surface area (Å²) in [5.41, 5.74) is 2.23. The van der Waals surface area contributed by atoms with E-state index in [1.807, 2.05) is 6.92 Å². The van der Waals surface area contributed by atoms with E-state index in [1.54, 1.807) is 31.3 Å². The molecule has 0 unspecified atom stereocenters. The van der Waals surface area contributed by atoms with E-state index in [4.69, 9.17) is 9.52 Å². The van der Waals surface area contributed by atoms with Crippen molar-refractivity contribution in [3.63, 3.8) is 0 Å². The van der Waals surface area contributed by atoms with Gasteiger partial charge in [0.05, 0.1) is 12.7 Å². The van der Waals surface area contributed by atoms with Gasteiger partial charge in [-0.05, 0) is 37.6 Å². The van der Waals surface area contributed by atoms with Crippen LogP contribution in [0.15, 0.2) is 28.8 Å². The number of nitrogens with zero attached hydrogens (tertiary/aromatic N) is 1. The summed E-state index contributed by atoms with van der Waals surface area (Å²) >= 11 is 0. The van der Waals surface area contributed by atoms with Crippen LogP contribution in [-0.4, -0.2) is 22.6 Å². The Bertz CT molecular complexity index is 708. The summed E-state index contributed by atoms with van der Waals surface area (Å²) in [7, 11) is 0. The fraction of sp³-hybridized carbons (Fsp3) is 0.250. The van der Waals surface area contributed by atoms with Gasteiger partial charge in [0.1, 0.15) is 12.4 Å². The van der Waals surface area contributed by atoms with E-state index in [2.05, 4.69) is 22.1 Å². The van der Waals surface area contributed by atoms with Crippen molar-refractivity contribution < 1.29 is 14.3 Å². The first-order valence-corrected chi connectivity index (χ1v) is 6.50. The van der Waals surface area contributed by atoms with Crippen molar-refractivity contribution in [3.8, 4) is 11.8 Å². The van der Waals surface area contributed by atoms with Crippen LogP contribution in [0, 0.1) is 25.7 Å². The van der Waals surface area contributed by atoms with Crippen molar-refractivity contribution in [2.24, 2.45) is 0 Å². The number of rotatable bonds is 3. The average Bonchev–Trinajstić information content (AvgIpc) is 2.89. The molecule has 0 radical (unpaired) electrons. The fourth-order valence-corrected chi connectivity index (χ4v) is 1.82. The van der Waals surface area contributed by atoms with E-state index < -0.39 is 0 Å². The maximum absolute atomic E-state index is 12.0. The molecule has 108 valence electrons. The van der Waals surface area contributed by atoms with Crippen molar-refractivity contribution in [1.82, 2.24) is 10.3 Å². The molecule has 0 bridgehead atoms. The fourth-order valence-electron chi connectivity index (χ4n) is 1.82. The zero-order chi connectivity index (χ0) is 15.2. The number of nitrogens with one attached hydrogen (secondary N) is 1. The predicted molar refractivity (Wildman–Crippen MR) is 77.6 cm³/mol. The van der Waals surface area contributed by atoms with E-state index in [0.29, 0.717) is 17.2 Å². The van der Waals surface area contributed by atoms with Crippen LogP contribution < -0.4 is 5.32 Å². The number of aliphatic hydroxyl groups excluding tert-OH is 1. The SMILES string of the molecule is Cc1cnc(CNC(=O)c2ccc(C#CCO)c(C)c2)o1. The third-order valence-electron chi connectivity index (χ3n) is 2.86. The minimum Gasteiger partial charge on any atom is -0.444 e. The molecule has 0 saturated heterocycles. The number of hydrogen-bond donors (Lipinski definition) is 2. The quantitative estimate of drug-likeness (QED) is 0.839. The molecule has 0 aliphatic rings. The Balaban J connectivity index is 2.04. The van der Waals surface area contributed by atoms with E-state index in [9.17, 15) is 4.79 Å². The number of amides is 1. The molecule has 1 aromatic heterocycles. The predicted octanol–water partition coefficient (Wildman–Crippen LogP) is 1.57. The molecule has 0 saturated carbocycles. The lowest BCUT2D eigenvalue weighted by molar-refractivity contribution is 0.0947. The molecule has 0 fully saturated rings. The minimum absolute atomic E-state index is 0.183. The summed E-state index contributed by atoms with van der Waals surface area (Å²) < 4.78 is 5.29. The highest BCUT2D eigenvalue weighted by Crippen LogP contribution is 2.10. The van der Waals surface area contributed by atoms with Crippen molar-refractivity contribution in [2.45, 2.75) is 20.4 Å². The summed E-state index contributed by atoms with van der Waals surface area (Å²) in [6, 6.07) is 5.23. The topological polar surface area (TPSA) is 75.4 Å². The maximum atomic E-state index is 12.0. The second kappa shape index (κ2) is 6.73. The van der Waals surface area contributed by atoms with Gasteiger partial charge in [0, 0.05) is 11.1 Å². The molecule has 0 atom stereocenters. The zero-order valence-electron chi connectivity index (χ0n) is 11.9. The largest absolute Gasteiger partial charge is 0.444 e. The number of hydrogen-bond acceptors (Lipinski definition) is 4. The van der Waals surface area contributed by atoms with Crippen LogP contribution in [0.2, 0.25) is 0 Å². The third kappa shape index (κ3) is 3.94. The summed E-state index contributed by atoms with van der Waals surface area (Å²) in [4.78, 5) is 16.1. The van der Waals surface area contributed by atoms with E-state index in [1.165, 1.54) is 0 Å². The Labute approximate surface area is 123 Å². The Morgan fingerprint density at radius 3 is 2.86 bits per heavy atom. The first kappa shape index (κ1) is 14.8. The zero-order valence-corrected chi connectivity index (χ0v) is 11.9. The minimum atomic E-state index is -0.198. The van der Waals surface area contributed by atoms with Crippen molar-refractivity contribution in [1.29, 1.82) is 0 Å². The van der Waals surface area contributed by atoms with Gasteiger partial charge in [0.2, 0.25) is 5.89 Å². The second-order valence-electron chi connectivity index (χ2n) is 4.54. The number of aliphatic hydroxyl groups is 1. The molecular weight excluding hydrogens is 268 g/mol. The number of oxazole rings is 1. The molecule has 5 nitrogen and oxygen atoms in total. The molecule has 2 rings (SSSR count). The van der Waals surface area contributed by atoms with E-state index in [-0.39, 0.29) is 19.1 Å². The van der Waals surface area contributed by atoms with Gasteiger partial charge in [0.25, 0.3) is 5.91 Å². The van der Waals surface area contributed by atoms with Gasteiger partial charge in [-0.15, -0.1) is 0 Å². The number of aryl methyl sites for hydroxylation is 2. The highest BCUT2D eigenvalue weighted by molar-refractivity contribution is 5.94. The molecular formula is C16H16N2O3. The van der Waals surface area contributed by atoms with Crippen LogP contribution in [0.3, 0.4) is 0 Å². The Hall–Kier alpha value is -2.58. The smallest absolute Gasteiger partial charge is 0.251 e. The van der Waals surface area contributed by atoms with Crippen molar-refractivity contribution in [3.05, 3.63) is 52.7 Å². The molecule has 0 spiro atoms. The van der Waals surface area contributed by atoms with Crippen LogP contribution in [0.4, 0.5) is 0 Å². The van der Waals surface area contributed by atoms with Crippen LogP contribution in [0.5, 0.6) is 0 Å².